The summed E-state index contributed by atoms with van der Waals surface area (Å²) in [6.07, 6.45) is 3.39. The van der Waals surface area contributed by atoms with Gasteiger partial charge in [0.2, 0.25) is 0 Å². The Kier molecular flexibility index (Phi) is 5.11. The first-order valence-corrected chi connectivity index (χ1v) is 3.23. The van der Waals surface area contributed by atoms with Crippen LogP contribution < -0.4 is 0 Å². The highest BCUT2D eigenvalue weighted by atomic mass is 35.5. The largest absolute Gasteiger partial charge is 0.483 e. The second kappa shape index (κ2) is 5.68. The molecule has 0 aliphatic carbocycles. The van der Waals surface area contributed by atoms with Crippen molar-refractivity contribution in [3.05, 3.63) is 29.0 Å². The number of halogens is 1. The number of aromatic nitrogens is 1. The molecule has 1 aromatic heterocycles. The molecular weight excluding hydrogens is 166 g/mol. The smallest absolute Gasteiger partial charge is 0.290 e. The van der Waals surface area contributed by atoms with Crippen molar-refractivity contribution in [3.8, 4) is 0 Å². The lowest BCUT2D eigenvalue weighted by Crippen LogP contribution is -1.73. The van der Waals surface area contributed by atoms with Gasteiger partial charge in [0.05, 0.1) is 5.02 Å². The minimum atomic E-state index is -0.250. The van der Waals surface area contributed by atoms with Crippen molar-refractivity contribution >= 4 is 18.1 Å². The van der Waals surface area contributed by atoms with Gasteiger partial charge >= 0.3 is 0 Å². The van der Waals surface area contributed by atoms with Crippen LogP contribution in [0.15, 0.2) is 18.5 Å². The summed E-state index contributed by atoms with van der Waals surface area (Å²) in [5.41, 5.74) is 1.09. The van der Waals surface area contributed by atoms with Gasteiger partial charge in [-0.25, -0.2) is 0 Å². The number of rotatable bonds is 0. The van der Waals surface area contributed by atoms with Crippen molar-refractivity contribution in [1.29, 1.82) is 0 Å². The van der Waals surface area contributed by atoms with Crippen molar-refractivity contribution in [1.82, 2.24) is 4.98 Å². The third-order valence-corrected chi connectivity index (χ3v) is 1.05. The molecule has 0 amide bonds. The lowest BCUT2D eigenvalue weighted by molar-refractivity contribution is -0.122. The quantitative estimate of drug-likeness (QED) is 0.608. The number of hydrogen-bond acceptors (Lipinski definition) is 2. The van der Waals surface area contributed by atoms with E-state index in [9.17, 15) is 0 Å². The molecule has 1 heterocycles. The van der Waals surface area contributed by atoms with Crippen LogP contribution in [0, 0.1) is 6.92 Å². The predicted molar refractivity (Wildman–Crippen MR) is 42.7 cm³/mol. The van der Waals surface area contributed by atoms with E-state index in [0.717, 1.165) is 5.56 Å². The SMILES string of the molecule is Cc1cncc(Cl)c1.O=CO. The molecule has 0 aliphatic heterocycles. The van der Waals surface area contributed by atoms with Gasteiger partial charge in [0.1, 0.15) is 0 Å². The standard InChI is InChI=1S/C6H6ClN.CH2O2/c1-5-2-6(7)4-8-3-5;2-1-3/h2-4H,1H3;1H,(H,2,3). The fourth-order valence-corrected chi connectivity index (χ4v) is 0.747. The molecular formula is C7H8ClNO2. The zero-order valence-electron chi connectivity index (χ0n) is 5.99. The Morgan fingerprint density at radius 1 is 1.64 bits per heavy atom. The van der Waals surface area contributed by atoms with Crippen molar-refractivity contribution < 1.29 is 9.90 Å². The van der Waals surface area contributed by atoms with E-state index < -0.39 is 0 Å². The van der Waals surface area contributed by atoms with Gasteiger partial charge in [-0.3, -0.25) is 9.78 Å². The Morgan fingerprint density at radius 2 is 2.18 bits per heavy atom. The predicted octanol–water partition coefficient (Wildman–Crippen LogP) is 1.74. The lowest BCUT2D eigenvalue weighted by atomic mass is 10.3. The van der Waals surface area contributed by atoms with Crippen LogP contribution in [0.25, 0.3) is 0 Å². The van der Waals surface area contributed by atoms with Crippen LogP contribution in [0.5, 0.6) is 0 Å². The fraction of sp³-hybridized carbons (Fsp3) is 0.143. The van der Waals surface area contributed by atoms with E-state index in [-0.39, 0.29) is 6.47 Å². The van der Waals surface area contributed by atoms with Crippen LogP contribution >= 0.6 is 11.6 Å². The monoisotopic (exact) mass is 173 g/mol. The summed E-state index contributed by atoms with van der Waals surface area (Å²) in [6.45, 7) is 1.71. The van der Waals surface area contributed by atoms with E-state index in [1.807, 2.05) is 13.0 Å². The highest BCUT2D eigenvalue weighted by Crippen LogP contribution is 2.05. The molecule has 0 aromatic carbocycles. The van der Waals surface area contributed by atoms with Crippen molar-refractivity contribution in [3.63, 3.8) is 0 Å². The van der Waals surface area contributed by atoms with E-state index in [1.165, 1.54) is 0 Å². The number of carbonyl (C=O) groups is 1. The second-order valence-corrected chi connectivity index (χ2v) is 2.22. The first-order chi connectivity index (χ1) is 5.20. The number of hydrogen-bond donors (Lipinski definition) is 1. The third kappa shape index (κ3) is 5.36. The van der Waals surface area contributed by atoms with Crippen LogP contribution in [0.3, 0.4) is 0 Å². The van der Waals surface area contributed by atoms with Crippen LogP contribution in [-0.4, -0.2) is 16.6 Å². The maximum absolute atomic E-state index is 8.36. The Balaban J connectivity index is 0.000000292. The van der Waals surface area contributed by atoms with Crippen LogP contribution in [0.2, 0.25) is 5.02 Å². The molecule has 1 aromatic rings. The molecule has 0 atom stereocenters. The van der Waals surface area contributed by atoms with Gasteiger partial charge in [0, 0.05) is 12.4 Å². The molecule has 0 fully saturated rings. The third-order valence-electron chi connectivity index (χ3n) is 0.842. The lowest BCUT2D eigenvalue weighted by Gasteiger charge is -1.88. The molecule has 4 heteroatoms. The van der Waals surface area contributed by atoms with Gasteiger partial charge in [-0.2, -0.15) is 0 Å². The Bertz CT molecular complexity index is 210. The molecule has 60 valence electrons. The van der Waals surface area contributed by atoms with Crippen molar-refractivity contribution in [2.24, 2.45) is 0 Å². The number of carboxylic acid groups (broad SMARTS) is 1. The molecule has 0 bridgehead atoms. The van der Waals surface area contributed by atoms with Gasteiger partial charge in [0.15, 0.2) is 0 Å². The minimum absolute atomic E-state index is 0.250. The Hall–Kier alpha value is -1.09. The summed E-state index contributed by atoms with van der Waals surface area (Å²) in [4.78, 5) is 12.2. The zero-order valence-corrected chi connectivity index (χ0v) is 6.75. The summed E-state index contributed by atoms with van der Waals surface area (Å²) in [5, 5.41) is 7.59. The summed E-state index contributed by atoms with van der Waals surface area (Å²) < 4.78 is 0. The summed E-state index contributed by atoms with van der Waals surface area (Å²) in [5.74, 6) is 0. The maximum atomic E-state index is 8.36. The van der Waals surface area contributed by atoms with E-state index in [2.05, 4.69) is 4.98 Å². The number of nitrogens with zero attached hydrogens (tertiary/aromatic N) is 1. The summed E-state index contributed by atoms with van der Waals surface area (Å²) in [6, 6.07) is 1.87. The van der Waals surface area contributed by atoms with E-state index in [0.29, 0.717) is 5.02 Å². The fourth-order valence-electron chi connectivity index (χ4n) is 0.518. The van der Waals surface area contributed by atoms with Gasteiger partial charge in [-0.1, -0.05) is 11.6 Å². The molecule has 3 nitrogen and oxygen atoms in total. The van der Waals surface area contributed by atoms with E-state index in [4.69, 9.17) is 21.5 Å². The average Bonchev–Trinajstić information content (AvgIpc) is 1.88. The molecule has 0 radical (unpaired) electrons. The van der Waals surface area contributed by atoms with Gasteiger partial charge in [0.25, 0.3) is 6.47 Å². The zero-order chi connectivity index (χ0) is 8.69. The average molecular weight is 174 g/mol. The van der Waals surface area contributed by atoms with Gasteiger partial charge in [-0.15, -0.1) is 0 Å². The van der Waals surface area contributed by atoms with Crippen LogP contribution in [0.4, 0.5) is 0 Å². The Labute approximate surface area is 69.6 Å². The molecule has 0 saturated heterocycles. The first kappa shape index (κ1) is 9.91. The van der Waals surface area contributed by atoms with Crippen molar-refractivity contribution in [2.45, 2.75) is 6.92 Å². The minimum Gasteiger partial charge on any atom is -0.483 e. The number of aryl methyl sites for hydroxylation is 1. The first-order valence-electron chi connectivity index (χ1n) is 2.85. The summed E-state index contributed by atoms with van der Waals surface area (Å²) >= 11 is 5.58. The maximum Gasteiger partial charge on any atom is 0.290 e. The van der Waals surface area contributed by atoms with Gasteiger partial charge in [-0.05, 0) is 18.6 Å². The topological polar surface area (TPSA) is 50.2 Å². The molecule has 0 spiro atoms. The molecule has 1 N–H and O–H groups in total. The summed E-state index contributed by atoms with van der Waals surface area (Å²) in [7, 11) is 0. The van der Waals surface area contributed by atoms with E-state index >= 15 is 0 Å². The van der Waals surface area contributed by atoms with Crippen molar-refractivity contribution in [2.75, 3.05) is 0 Å². The van der Waals surface area contributed by atoms with Crippen LogP contribution in [-0.2, 0) is 4.79 Å². The molecule has 0 unspecified atom stereocenters. The normalized spacial score (nSPS) is 7.82. The van der Waals surface area contributed by atoms with Gasteiger partial charge < -0.3 is 5.11 Å². The van der Waals surface area contributed by atoms with E-state index in [1.54, 1.807) is 12.4 Å². The molecule has 0 saturated carbocycles. The molecule has 0 aliphatic rings. The highest BCUT2D eigenvalue weighted by molar-refractivity contribution is 6.30. The highest BCUT2D eigenvalue weighted by Gasteiger charge is 1.84. The number of pyridine rings is 1. The Morgan fingerprint density at radius 3 is 2.45 bits per heavy atom. The second-order valence-electron chi connectivity index (χ2n) is 1.79. The molecule has 11 heavy (non-hydrogen) atoms. The molecule has 1 rings (SSSR count). The van der Waals surface area contributed by atoms with Crippen LogP contribution in [0.1, 0.15) is 5.56 Å².